The van der Waals surface area contributed by atoms with Gasteiger partial charge in [0, 0.05) is 19.6 Å². The molecule has 116 valence electrons. The predicted octanol–water partition coefficient (Wildman–Crippen LogP) is 3.98. The van der Waals surface area contributed by atoms with E-state index in [-0.39, 0.29) is 11.9 Å². The molecule has 0 aromatic heterocycles. The highest BCUT2D eigenvalue weighted by atomic mass is 19.1. The molecule has 2 fully saturated rings. The van der Waals surface area contributed by atoms with Gasteiger partial charge in [0.1, 0.15) is 5.82 Å². The van der Waals surface area contributed by atoms with Crippen LogP contribution in [0.2, 0.25) is 0 Å². The molecule has 4 atom stereocenters. The van der Waals surface area contributed by atoms with Gasteiger partial charge in [-0.25, -0.2) is 4.39 Å². The van der Waals surface area contributed by atoms with Gasteiger partial charge in [0.25, 0.3) is 0 Å². The van der Waals surface area contributed by atoms with Crippen LogP contribution in [0.15, 0.2) is 18.2 Å². The smallest absolute Gasteiger partial charge is 0.146 e. The van der Waals surface area contributed by atoms with Gasteiger partial charge in [-0.3, -0.25) is 0 Å². The van der Waals surface area contributed by atoms with Crippen LogP contribution in [-0.2, 0) is 0 Å². The molecule has 0 spiro atoms. The summed E-state index contributed by atoms with van der Waals surface area (Å²) in [4.78, 5) is 2.16. The number of benzene rings is 1. The van der Waals surface area contributed by atoms with Crippen molar-refractivity contribution in [1.29, 1.82) is 0 Å². The summed E-state index contributed by atoms with van der Waals surface area (Å²) in [5.74, 6) is 2.49. The van der Waals surface area contributed by atoms with Crippen molar-refractivity contribution in [3.63, 3.8) is 0 Å². The molecule has 2 bridgehead atoms. The number of nitrogens with zero attached hydrogens (tertiary/aromatic N) is 1. The largest absolute Gasteiger partial charge is 0.372 e. The van der Waals surface area contributed by atoms with Crippen molar-refractivity contribution in [2.75, 3.05) is 25.5 Å². The number of anilines is 1. The molecule has 2 aliphatic rings. The third kappa shape index (κ3) is 2.80. The van der Waals surface area contributed by atoms with Crippen LogP contribution in [0.1, 0.15) is 44.2 Å². The van der Waals surface area contributed by atoms with Crippen molar-refractivity contribution < 1.29 is 4.39 Å². The number of halogens is 1. The first kappa shape index (κ1) is 14.8. The molecule has 2 aliphatic carbocycles. The van der Waals surface area contributed by atoms with E-state index in [9.17, 15) is 4.39 Å². The van der Waals surface area contributed by atoms with Gasteiger partial charge in [-0.05, 0) is 62.6 Å². The van der Waals surface area contributed by atoms with Crippen molar-refractivity contribution in [2.45, 2.75) is 38.6 Å². The third-order valence-electron chi connectivity index (χ3n) is 5.69. The van der Waals surface area contributed by atoms with E-state index in [0.717, 1.165) is 35.5 Å². The van der Waals surface area contributed by atoms with E-state index < -0.39 is 0 Å². The highest BCUT2D eigenvalue weighted by Gasteiger charge is 2.40. The highest BCUT2D eigenvalue weighted by Crippen LogP contribution is 2.48. The average molecular weight is 290 g/mol. The zero-order chi connectivity index (χ0) is 15.0. The molecular formula is C18H27FN2. The lowest BCUT2D eigenvalue weighted by Gasteiger charge is -2.31. The fourth-order valence-corrected chi connectivity index (χ4v) is 4.48. The third-order valence-corrected chi connectivity index (χ3v) is 5.69. The predicted molar refractivity (Wildman–Crippen MR) is 86.1 cm³/mol. The fraction of sp³-hybridized carbons (Fsp3) is 0.667. The number of hydrogen-bond donors (Lipinski definition) is 1. The van der Waals surface area contributed by atoms with E-state index in [4.69, 9.17) is 0 Å². The van der Waals surface area contributed by atoms with Crippen molar-refractivity contribution >= 4 is 5.69 Å². The van der Waals surface area contributed by atoms with E-state index in [2.05, 4.69) is 24.2 Å². The van der Waals surface area contributed by atoms with Gasteiger partial charge in [-0.2, -0.15) is 0 Å². The molecule has 3 rings (SSSR count). The van der Waals surface area contributed by atoms with Crippen molar-refractivity contribution in [2.24, 2.45) is 17.8 Å². The Morgan fingerprint density at radius 2 is 2.14 bits per heavy atom. The van der Waals surface area contributed by atoms with E-state index in [1.54, 1.807) is 6.07 Å². The molecule has 0 aliphatic heterocycles. The van der Waals surface area contributed by atoms with Crippen LogP contribution >= 0.6 is 0 Å². The minimum Gasteiger partial charge on any atom is -0.372 e. The van der Waals surface area contributed by atoms with E-state index in [1.165, 1.54) is 25.7 Å². The fourth-order valence-electron chi connectivity index (χ4n) is 4.48. The zero-order valence-corrected chi connectivity index (χ0v) is 13.4. The van der Waals surface area contributed by atoms with Crippen LogP contribution in [0.25, 0.3) is 0 Å². The summed E-state index contributed by atoms with van der Waals surface area (Å²) in [6, 6.07) is 5.60. The first-order chi connectivity index (χ1) is 10.1. The van der Waals surface area contributed by atoms with Crippen LogP contribution in [0, 0.1) is 23.6 Å². The summed E-state index contributed by atoms with van der Waals surface area (Å²) in [5, 5.41) is 3.23. The second-order valence-corrected chi connectivity index (χ2v) is 7.00. The van der Waals surface area contributed by atoms with Crippen molar-refractivity contribution in [3.8, 4) is 0 Å². The topological polar surface area (TPSA) is 15.3 Å². The van der Waals surface area contributed by atoms with Gasteiger partial charge >= 0.3 is 0 Å². The molecule has 2 nitrogen and oxygen atoms in total. The summed E-state index contributed by atoms with van der Waals surface area (Å²) in [5.41, 5.74) is 1.84. The minimum absolute atomic E-state index is 0.0970. The molecule has 21 heavy (non-hydrogen) atoms. The van der Waals surface area contributed by atoms with Crippen LogP contribution in [0.3, 0.4) is 0 Å². The number of hydrogen-bond acceptors (Lipinski definition) is 2. The summed E-state index contributed by atoms with van der Waals surface area (Å²) >= 11 is 0. The Hall–Kier alpha value is -1.09. The van der Waals surface area contributed by atoms with Crippen molar-refractivity contribution in [1.82, 2.24) is 5.32 Å². The molecule has 0 amide bonds. The molecule has 3 heteroatoms. The normalized spacial score (nSPS) is 28.9. The summed E-state index contributed by atoms with van der Waals surface area (Å²) in [6.07, 6.45) is 5.57. The lowest BCUT2D eigenvalue weighted by Crippen LogP contribution is -2.30. The molecule has 0 saturated heterocycles. The molecule has 1 N–H and O–H groups in total. The molecule has 2 saturated carbocycles. The lowest BCUT2D eigenvalue weighted by molar-refractivity contribution is 0.336. The quantitative estimate of drug-likeness (QED) is 0.882. The molecule has 1 aromatic carbocycles. The van der Waals surface area contributed by atoms with Gasteiger partial charge in [0.15, 0.2) is 0 Å². The monoisotopic (exact) mass is 290 g/mol. The van der Waals surface area contributed by atoms with E-state index in [0.29, 0.717) is 0 Å². The Balaban J connectivity index is 1.79. The molecule has 0 heterocycles. The molecule has 1 aromatic rings. The van der Waals surface area contributed by atoms with E-state index in [1.807, 2.05) is 19.2 Å². The lowest BCUT2D eigenvalue weighted by atomic mass is 9.88. The standard InChI is InChI=1S/C18H27FN2/c1-12(20-2)16-5-4-6-17(19)18(16)21(3)11-15-10-13-7-8-14(15)9-13/h4-6,12-15,20H,7-11H2,1-3H3. The Morgan fingerprint density at radius 3 is 2.76 bits per heavy atom. The maximum atomic E-state index is 14.4. The van der Waals surface area contributed by atoms with Crippen LogP contribution < -0.4 is 10.2 Å². The molecule has 0 radical (unpaired) electrons. The average Bonchev–Trinajstić information content (AvgIpc) is 3.08. The summed E-state index contributed by atoms with van der Waals surface area (Å²) in [7, 11) is 3.98. The Morgan fingerprint density at radius 1 is 1.33 bits per heavy atom. The Bertz CT molecular complexity index is 502. The molecular weight excluding hydrogens is 263 g/mol. The number of fused-ring (bicyclic) bond motifs is 2. The highest BCUT2D eigenvalue weighted by molar-refractivity contribution is 5.55. The van der Waals surface area contributed by atoms with E-state index >= 15 is 0 Å². The Kier molecular flexibility index (Phi) is 4.21. The number of nitrogens with one attached hydrogen (secondary N) is 1. The SMILES string of the molecule is CNC(C)c1cccc(F)c1N(C)CC1CC2CCC1C2. The zero-order valence-electron chi connectivity index (χ0n) is 13.4. The van der Waals surface area contributed by atoms with Gasteiger partial charge in [0.05, 0.1) is 5.69 Å². The second-order valence-electron chi connectivity index (χ2n) is 7.00. The summed E-state index contributed by atoms with van der Waals surface area (Å²) < 4.78 is 14.4. The van der Waals surface area contributed by atoms with Crippen LogP contribution in [0.5, 0.6) is 0 Å². The Labute approximate surface area is 127 Å². The van der Waals surface area contributed by atoms with Gasteiger partial charge in [-0.15, -0.1) is 0 Å². The van der Waals surface area contributed by atoms with Crippen molar-refractivity contribution in [3.05, 3.63) is 29.6 Å². The second kappa shape index (κ2) is 5.96. The maximum absolute atomic E-state index is 14.4. The van der Waals surface area contributed by atoms with Gasteiger partial charge in [0.2, 0.25) is 0 Å². The summed E-state index contributed by atoms with van der Waals surface area (Å²) in [6.45, 7) is 3.08. The van der Waals surface area contributed by atoms with Gasteiger partial charge in [-0.1, -0.05) is 18.6 Å². The minimum atomic E-state index is -0.0970. The van der Waals surface area contributed by atoms with Crippen LogP contribution in [-0.4, -0.2) is 20.6 Å². The maximum Gasteiger partial charge on any atom is 0.146 e. The first-order valence-electron chi connectivity index (χ1n) is 8.27. The van der Waals surface area contributed by atoms with Gasteiger partial charge < -0.3 is 10.2 Å². The van der Waals surface area contributed by atoms with Crippen LogP contribution in [0.4, 0.5) is 10.1 Å². The first-order valence-corrected chi connectivity index (χ1v) is 8.27. The number of para-hydroxylation sites is 1. The number of rotatable bonds is 5. The molecule has 4 unspecified atom stereocenters.